The fraction of sp³-hybridized carbons (Fsp3) is 0.750. The van der Waals surface area contributed by atoms with Crippen molar-refractivity contribution in [1.82, 2.24) is 10.6 Å². The summed E-state index contributed by atoms with van der Waals surface area (Å²) in [6.07, 6.45) is -0.918. The first-order valence-corrected chi connectivity index (χ1v) is 4.34. The highest BCUT2D eigenvalue weighted by atomic mass is 16.4. The van der Waals surface area contributed by atoms with E-state index in [1.807, 2.05) is 0 Å². The summed E-state index contributed by atoms with van der Waals surface area (Å²) in [7, 11) is 1.69. The third kappa shape index (κ3) is 4.78. The monoisotopic (exact) mass is 204 g/mol. The lowest BCUT2D eigenvalue weighted by Gasteiger charge is -2.16. The summed E-state index contributed by atoms with van der Waals surface area (Å²) < 4.78 is 0. The molecule has 0 aliphatic rings. The lowest BCUT2D eigenvalue weighted by Crippen LogP contribution is -2.48. The minimum absolute atomic E-state index is 0.187. The number of nitrogens with one attached hydrogen (secondary N) is 2. The van der Waals surface area contributed by atoms with Gasteiger partial charge in [-0.05, 0) is 14.0 Å². The molecule has 0 aromatic carbocycles. The van der Waals surface area contributed by atoms with Gasteiger partial charge in [-0.3, -0.25) is 4.79 Å². The van der Waals surface area contributed by atoms with Crippen molar-refractivity contribution in [3.05, 3.63) is 0 Å². The van der Waals surface area contributed by atoms with Gasteiger partial charge in [0.25, 0.3) is 0 Å². The van der Waals surface area contributed by atoms with E-state index >= 15 is 0 Å². The number of hydrogen-bond donors (Lipinski definition) is 4. The molecule has 0 spiro atoms. The molecule has 4 N–H and O–H groups in total. The largest absolute Gasteiger partial charge is 0.480 e. The van der Waals surface area contributed by atoms with E-state index in [9.17, 15) is 9.59 Å². The molecule has 2 atom stereocenters. The van der Waals surface area contributed by atoms with E-state index in [0.29, 0.717) is 6.54 Å². The van der Waals surface area contributed by atoms with Crippen molar-refractivity contribution in [3.8, 4) is 0 Å². The van der Waals surface area contributed by atoms with Gasteiger partial charge in [-0.1, -0.05) is 0 Å². The first kappa shape index (κ1) is 12.9. The number of aliphatic hydroxyl groups is 1. The Labute approximate surface area is 82.3 Å². The number of hydrogen-bond acceptors (Lipinski definition) is 4. The number of carboxylic acids is 1. The first-order valence-electron chi connectivity index (χ1n) is 4.34. The molecule has 14 heavy (non-hydrogen) atoms. The van der Waals surface area contributed by atoms with Gasteiger partial charge in [0.15, 0.2) is 6.04 Å². The van der Waals surface area contributed by atoms with Gasteiger partial charge in [0.1, 0.15) is 0 Å². The zero-order valence-electron chi connectivity index (χ0n) is 8.28. The molecule has 82 valence electrons. The van der Waals surface area contributed by atoms with E-state index in [1.54, 1.807) is 7.05 Å². The number of aliphatic hydroxyl groups excluding tert-OH is 1. The lowest BCUT2D eigenvalue weighted by atomic mass is 10.2. The van der Waals surface area contributed by atoms with E-state index in [4.69, 9.17) is 10.2 Å². The summed E-state index contributed by atoms with van der Waals surface area (Å²) in [6, 6.07) is -1.24. The van der Waals surface area contributed by atoms with Crippen LogP contribution in [0.1, 0.15) is 13.3 Å². The van der Waals surface area contributed by atoms with Crippen LogP contribution in [-0.2, 0) is 9.59 Å². The van der Waals surface area contributed by atoms with Crippen molar-refractivity contribution in [3.63, 3.8) is 0 Å². The fourth-order valence-electron chi connectivity index (χ4n) is 0.873. The van der Waals surface area contributed by atoms with E-state index in [0.717, 1.165) is 0 Å². The molecule has 0 saturated heterocycles. The SMILES string of the molecule is CNCCC(=O)N[C@H](C(=O)O)[C@@H](C)O. The zero-order chi connectivity index (χ0) is 11.1. The lowest BCUT2D eigenvalue weighted by molar-refractivity contribution is -0.144. The number of amides is 1. The van der Waals surface area contributed by atoms with E-state index in [2.05, 4.69) is 10.6 Å². The van der Waals surface area contributed by atoms with E-state index < -0.39 is 24.0 Å². The molecule has 0 unspecified atom stereocenters. The van der Waals surface area contributed by atoms with Gasteiger partial charge in [0.05, 0.1) is 6.10 Å². The van der Waals surface area contributed by atoms with Crippen LogP contribution in [0.4, 0.5) is 0 Å². The number of carboxylic acid groups (broad SMARTS) is 1. The normalized spacial score (nSPS) is 14.5. The molecule has 0 aromatic rings. The van der Waals surface area contributed by atoms with Crippen LogP contribution in [0.15, 0.2) is 0 Å². The van der Waals surface area contributed by atoms with Gasteiger partial charge < -0.3 is 20.8 Å². The van der Waals surface area contributed by atoms with Crippen LogP contribution in [0.2, 0.25) is 0 Å². The average molecular weight is 204 g/mol. The molecular weight excluding hydrogens is 188 g/mol. The number of carbonyl (C=O) groups is 2. The Morgan fingerprint density at radius 1 is 1.43 bits per heavy atom. The number of carbonyl (C=O) groups excluding carboxylic acids is 1. The van der Waals surface area contributed by atoms with Gasteiger partial charge in [0.2, 0.25) is 5.91 Å². The maximum absolute atomic E-state index is 11.1. The predicted octanol–water partition coefficient (Wildman–Crippen LogP) is -1.45. The van der Waals surface area contributed by atoms with Crippen LogP contribution >= 0.6 is 0 Å². The highest BCUT2D eigenvalue weighted by Gasteiger charge is 2.24. The molecule has 0 aliphatic carbocycles. The summed E-state index contributed by atoms with van der Waals surface area (Å²) in [6.45, 7) is 1.79. The molecule has 0 aromatic heterocycles. The van der Waals surface area contributed by atoms with Gasteiger partial charge >= 0.3 is 5.97 Å². The third-order valence-corrected chi connectivity index (χ3v) is 1.67. The molecule has 0 bridgehead atoms. The van der Waals surface area contributed by atoms with Crippen molar-refractivity contribution in [2.75, 3.05) is 13.6 Å². The minimum Gasteiger partial charge on any atom is -0.480 e. The van der Waals surface area contributed by atoms with Crippen molar-refractivity contribution < 1.29 is 19.8 Å². The Morgan fingerprint density at radius 3 is 2.36 bits per heavy atom. The molecule has 0 fully saturated rings. The summed E-state index contributed by atoms with van der Waals surface area (Å²) in [4.78, 5) is 21.7. The van der Waals surface area contributed by atoms with Gasteiger partial charge in [-0.15, -0.1) is 0 Å². The van der Waals surface area contributed by atoms with Gasteiger partial charge in [-0.2, -0.15) is 0 Å². The molecule has 0 heterocycles. The molecular formula is C8H16N2O4. The van der Waals surface area contributed by atoms with Crippen molar-refractivity contribution >= 4 is 11.9 Å². The topological polar surface area (TPSA) is 98.7 Å². The Hall–Kier alpha value is -1.14. The van der Waals surface area contributed by atoms with E-state index in [1.165, 1.54) is 6.92 Å². The van der Waals surface area contributed by atoms with Crippen LogP contribution in [0, 0.1) is 0 Å². The maximum Gasteiger partial charge on any atom is 0.328 e. The second-order valence-corrected chi connectivity index (χ2v) is 2.98. The second kappa shape index (κ2) is 6.33. The first-order chi connectivity index (χ1) is 6.49. The highest BCUT2D eigenvalue weighted by molar-refractivity contribution is 5.83. The van der Waals surface area contributed by atoms with Crippen molar-refractivity contribution in [2.45, 2.75) is 25.5 Å². The standard InChI is InChI=1S/C8H16N2O4/c1-5(11)7(8(13)14)10-6(12)3-4-9-2/h5,7,9,11H,3-4H2,1-2H3,(H,10,12)(H,13,14)/t5-,7+/m1/s1. The zero-order valence-corrected chi connectivity index (χ0v) is 8.28. The van der Waals surface area contributed by atoms with Gasteiger partial charge in [0, 0.05) is 13.0 Å². The molecule has 6 nitrogen and oxygen atoms in total. The Balaban J connectivity index is 4.04. The fourth-order valence-corrected chi connectivity index (χ4v) is 0.873. The Kier molecular flexibility index (Phi) is 5.82. The summed E-state index contributed by atoms with van der Waals surface area (Å²) in [5.41, 5.74) is 0. The summed E-state index contributed by atoms with van der Waals surface area (Å²) >= 11 is 0. The minimum atomic E-state index is -1.24. The molecule has 0 saturated carbocycles. The Morgan fingerprint density at radius 2 is 2.00 bits per heavy atom. The molecule has 6 heteroatoms. The predicted molar refractivity (Wildman–Crippen MR) is 49.8 cm³/mol. The average Bonchev–Trinajstić information content (AvgIpc) is 2.09. The molecule has 0 rings (SSSR count). The van der Waals surface area contributed by atoms with Crippen LogP contribution in [-0.4, -0.2) is 47.8 Å². The van der Waals surface area contributed by atoms with Crippen LogP contribution in [0.25, 0.3) is 0 Å². The quantitative estimate of drug-likeness (QED) is 0.424. The summed E-state index contributed by atoms with van der Waals surface area (Å²) in [5, 5.41) is 22.7. The van der Waals surface area contributed by atoms with Crippen molar-refractivity contribution in [1.29, 1.82) is 0 Å². The maximum atomic E-state index is 11.1. The van der Waals surface area contributed by atoms with Crippen LogP contribution in [0.5, 0.6) is 0 Å². The Bertz CT molecular complexity index is 206. The molecule has 0 radical (unpaired) electrons. The van der Waals surface area contributed by atoms with Crippen LogP contribution < -0.4 is 10.6 Å². The van der Waals surface area contributed by atoms with Crippen LogP contribution in [0.3, 0.4) is 0 Å². The number of aliphatic carboxylic acids is 1. The molecule has 0 aliphatic heterocycles. The second-order valence-electron chi connectivity index (χ2n) is 2.98. The van der Waals surface area contributed by atoms with E-state index in [-0.39, 0.29) is 6.42 Å². The number of rotatable bonds is 6. The molecule has 1 amide bonds. The highest BCUT2D eigenvalue weighted by Crippen LogP contribution is 1.93. The van der Waals surface area contributed by atoms with Gasteiger partial charge in [-0.25, -0.2) is 4.79 Å². The summed E-state index contributed by atoms with van der Waals surface area (Å²) in [5.74, 6) is -1.63. The smallest absolute Gasteiger partial charge is 0.328 e. The van der Waals surface area contributed by atoms with Crippen molar-refractivity contribution in [2.24, 2.45) is 0 Å². The third-order valence-electron chi connectivity index (χ3n) is 1.67.